The van der Waals surface area contributed by atoms with E-state index in [4.69, 9.17) is 4.74 Å². The van der Waals surface area contributed by atoms with Crippen LogP contribution < -0.4 is 5.32 Å². The monoisotopic (exact) mass is 350 g/mol. The van der Waals surface area contributed by atoms with Gasteiger partial charge in [-0.25, -0.2) is 9.37 Å². The minimum atomic E-state index is -0.336. The van der Waals surface area contributed by atoms with Crippen molar-refractivity contribution >= 4 is 23.2 Å². The Hall–Kier alpha value is -2.28. The Kier molecular flexibility index (Phi) is 6.43. The summed E-state index contributed by atoms with van der Waals surface area (Å²) in [4.78, 5) is 27.6. The quantitative estimate of drug-likeness (QED) is 0.780. The van der Waals surface area contributed by atoms with E-state index in [1.54, 1.807) is 31.4 Å². The summed E-state index contributed by atoms with van der Waals surface area (Å²) >= 11 is 1.40. The third-order valence-electron chi connectivity index (χ3n) is 3.00. The van der Waals surface area contributed by atoms with E-state index in [2.05, 4.69) is 10.3 Å². The average Bonchev–Trinajstić information content (AvgIpc) is 2.95. The molecule has 7 heteroatoms. The van der Waals surface area contributed by atoms with Gasteiger partial charge in [0.05, 0.1) is 24.6 Å². The number of amides is 1. The van der Waals surface area contributed by atoms with Gasteiger partial charge in [-0.2, -0.15) is 0 Å². The van der Waals surface area contributed by atoms with Crippen LogP contribution in [0.15, 0.2) is 29.6 Å². The van der Waals surface area contributed by atoms with Gasteiger partial charge in [-0.1, -0.05) is 0 Å². The fraction of sp³-hybridized carbons (Fsp3) is 0.353. The van der Waals surface area contributed by atoms with Crippen LogP contribution in [0.3, 0.4) is 0 Å². The third kappa shape index (κ3) is 5.73. The van der Waals surface area contributed by atoms with E-state index < -0.39 is 0 Å². The lowest BCUT2D eigenvalue weighted by Crippen LogP contribution is -2.28. The predicted octanol–water partition coefficient (Wildman–Crippen LogP) is 2.95. The molecule has 0 radical (unpaired) electrons. The van der Waals surface area contributed by atoms with Crippen LogP contribution in [0, 0.1) is 5.82 Å². The summed E-state index contributed by atoms with van der Waals surface area (Å²) in [5, 5.41) is 5.20. The largest absolute Gasteiger partial charge is 0.463 e. The summed E-state index contributed by atoms with van der Waals surface area (Å²) in [6.07, 6.45) is 0.117. The van der Waals surface area contributed by atoms with Crippen LogP contribution in [0.25, 0.3) is 10.6 Å². The number of nitrogens with zero attached hydrogens (tertiary/aromatic N) is 1. The highest BCUT2D eigenvalue weighted by Crippen LogP contribution is 2.24. The summed E-state index contributed by atoms with van der Waals surface area (Å²) < 4.78 is 17.9. The molecule has 0 bridgehead atoms. The molecule has 24 heavy (non-hydrogen) atoms. The first kappa shape index (κ1) is 18.1. The molecule has 2 aromatic rings. The minimum Gasteiger partial charge on any atom is -0.463 e. The number of carbonyl (C=O) groups excluding carboxylic acids is 2. The molecule has 128 valence electrons. The summed E-state index contributed by atoms with van der Waals surface area (Å²) in [6, 6.07) is 6.05. The van der Waals surface area contributed by atoms with Gasteiger partial charge < -0.3 is 10.1 Å². The topological polar surface area (TPSA) is 68.3 Å². The zero-order valence-corrected chi connectivity index (χ0v) is 14.4. The predicted molar refractivity (Wildman–Crippen MR) is 90.1 cm³/mol. The number of aromatic nitrogens is 1. The molecule has 1 aromatic heterocycles. The Bertz CT molecular complexity index is 698. The van der Waals surface area contributed by atoms with Gasteiger partial charge in [0.2, 0.25) is 5.91 Å². The lowest BCUT2D eigenvalue weighted by Gasteiger charge is -2.08. The van der Waals surface area contributed by atoms with Gasteiger partial charge in [0.1, 0.15) is 10.8 Å². The van der Waals surface area contributed by atoms with Crippen LogP contribution in [0.4, 0.5) is 4.39 Å². The number of carbonyl (C=O) groups is 2. The maximum atomic E-state index is 12.9. The van der Waals surface area contributed by atoms with Crippen LogP contribution in [0.1, 0.15) is 26.0 Å². The molecule has 0 atom stereocenters. The van der Waals surface area contributed by atoms with Crippen molar-refractivity contribution in [3.05, 3.63) is 41.2 Å². The van der Waals surface area contributed by atoms with E-state index in [0.29, 0.717) is 5.69 Å². The first-order chi connectivity index (χ1) is 11.4. The van der Waals surface area contributed by atoms with E-state index in [1.807, 2.05) is 0 Å². The molecule has 1 aromatic carbocycles. The Balaban J connectivity index is 1.80. The van der Waals surface area contributed by atoms with Gasteiger partial charge in [0.25, 0.3) is 0 Å². The zero-order valence-electron chi connectivity index (χ0n) is 13.5. The number of ether oxygens (including phenoxy) is 1. The minimum absolute atomic E-state index is 0.136. The molecule has 5 nitrogen and oxygen atoms in total. The number of benzene rings is 1. The standard InChI is InChI=1S/C17H19FN2O3S/c1-11(2)23-16(22)7-8-19-15(21)9-14-10-24-17(20-14)12-3-5-13(18)6-4-12/h3-6,10-11H,7-9H2,1-2H3,(H,19,21). The first-order valence-corrected chi connectivity index (χ1v) is 8.48. The molecule has 0 aliphatic heterocycles. The van der Waals surface area contributed by atoms with E-state index in [9.17, 15) is 14.0 Å². The van der Waals surface area contributed by atoms with E-state index >= 15 is 0 Å². The second-order valence-corrected chi connectivity index (χ2v) is 6.32. The van der Waals surface area contributed by atoms with E-state index in [0.717, 1.165) is 10.6 Å². The van der Waals surface area contributed by atoms with Crippen LogP contribution in [-0.4, -0.2) is 29.5 Å². The number of thiazole rings is 1. The maximum absolute atomic E-state index is 12.9. The molecule has 0 unspecified atom stereocenters. The Morgan fingerprint density at radius 3 is 2.67 bits per heavy atom. The second kappa shape index (κ2) is 8.54. The molecule has 0 aliphatic carbocycles. The molecule has 1 amide bonds. The number of rotatable bonds is 7. The molecule has 1 N–H and O–H groups in total. The van der Waals surface area contributed by atoms with E-state index in [1.165, 1.54) is 23.5 Å². The summed E-state index contributed by atoms with van der Waals surface area (Å²) in [6.45, 7) is 3.79. The zero-order chi connectivity index (χ0) is 17.5. The third-order valence-corrected chi connectivity index (χ3v) is 3.94. The van der Waals surface area contributed by atoms with Gasteiger partial charge in [0.15, 0.2) is 0 Å². The van der Waals surface area contributed by atoms with Gasteiger partial charge >= 0.3 is 5.97 Å². The number of hydrogen-bond donors (Lipinski definition) is 1. The highest BCUT2D eigenvalue weighted by molar-refractivity contribution is 7.13. The first-order valence-electron chi connectivity index (χ1n) is 7.60. The maximum Gasteiger partial charge on any atom is 0.307 e. The fourth-order valence-electron chi connectivity index (χ4n) is 1.97. The Labute approximate surface area is 143 Å². The van der Waals surface area contributed by atoms with Crippen molar-refractivity contribution in [1.29, 1.82) is 0 Å². The van der Waals surface area contributed by atoms with Crippen molar-refractivity contribution in [2.24, 2.45) is 0 Å². The van der Waals surface area contributed by atoms with Crippen molar-refractivity contribution in [1.82, 2.24) is 10.3 Å². The summed E-state index contributed by atoms with van der Waals surface area (Å²) in [5.41, 5.74) is 1.45. The number of halogens is 1. The van der Waals surface area contributed by atoms with Crippen molar-refractivity contribution in [3.63, 3.8) is 0 Å². The van der Waals surface area contributed by atoms with Crippen molar-refractivity contribution in [3.8, 4) is 10.6 Å². The molecule has 0 fully saturated rings. The smallest absolute Gasteiger partial charge is 0.307 e. The normalized spacial score (nSPS) is 10.7. The fourth-order valence-corrected chi connectivity index (χ4v) is 2.79. The van der Waals surface area contributed by atoms with Crippen LogP contribution in [-0.2, 0) is 20.7 Å². The number of esters is 1. The molecule has 0 saturated carbocycles. The highest BCUT2D eigenvalue weighted by atomic mass is 32.1. The molecule has 0 spiro atoms. The van der Waals surface area contributed by atoms with Crippen molar-refractivity contribution in [2.75, 3.05) is 6.54 Å². The van der Waals surface area contributed by atoms with Crippen LogP contribution >= 0.6 is 11.3 Å². The Morgan fingerprint density at radius 1 is 1.29 bits per heavy atom. The molecule has 0 aliphatic rings. The lowest BCUT2D eigenvalue weighted by molar-refractivity contribution is -0.147. The SMILES string of the molecule is CC(C)OC(=O)CCNC(=O)Cc1csc(-c2ccc(F)cc2)n1. The van der Waals surface area contributed by atoms with Crippen LogP contribution in [0.5, 0.6) is 0 Å². The Morgan fingerprint density at radius 2 is 2.00 bits per heavy atom. The van der Waals surface area contributed by atoms with Gasteiger partial charge in [-0.05, 0) is 38.1 Å². The molecular weight excluding hydrogens is 331 g/mol. The number of hydrogen-bond acceptors (Lipinski definition) is 5. The van der Waals surface area contributed by atoms with E-state index in [-0.39, 0.29) is 43.2 Å². The second-order valence-electron chi connectivity index (χ2n) is 5.47. The molecule has 0 saturated heterocycles. The average molecular weight is 350 g/mol. The van der Waals surface area contributed by atoms with Gasteiger partial charge in [0, 0.05) is 17.5 Å². The molecular formula is C17H19FN2O3S. The van der Waals surface area contributed by atoms with Crippen molar-refractivity contribution < 1.29 is 18.7 Å². The highest BCUT2D eigenvalue weighted by Gasteiger charge is 2.10. The van der Waals surface area contributed by atoms with Gasteiger partial charge in [-0.3, -0.25) is 9.59 Å². The molecule has 2 rings (SSSR count). The van der Waals surface area contributed by atoms with Crippen molar-refractivity contribution in [2.45, 2.75) is 32.8 Å². The summed E-state index contributed by atoms with van der Waals surface area (Å²) in [5.74, 6) is -0.841. The molecule has 1 heterocycles. The van der Waals surface area contributed by atoms with Crippen LogP contribution in [0.2, 0.25) is 0 Å². The van der Waals surface area contributed by atoms with Gasteiger partial charge in [-0.15, -0.1) is 11.3 Å². The number of nitrogens with one attached hydrogen (secondary N) is 1. The summed E-state index contributed by atoms with van der Waals surface area (Å²) in [7, 11) is 0. The lowest BCUT2D eigenvalue weighted by atomic mass is 10.2.